The fourth-order valence-electron chi connectivity index (χ4n) is 3.94. The van der Waals surface area contributed by atoms with Gasteiger partial charge in [0.05, 0.1) is 6.20 Å². The highest BCUT2D eigenvalue weighted by Crippen LogP contribution is 2.21. The quantitative estimate of drug-likeness (QED) is 0.879. The molecule has 1 saturated heterocycles. The number of hydrogen-bond donors (Lipinski definition) is 2. The molecule has 0 radical (unpaired) electrons. The highest BCUT2D eigenvalue weighted by Gasteiger charge is 2.22. The van der Waals surface area contributed by atoms with E-state index in [0.717, 1.165) is 45.0 Å². The largest absolute Gasteiger partial charge is 0.371 e. The minimum atomic E-state index is 0.618. The summed E-state index contributed by atoms with van der Waals surface area (Å²) in [5.74, 6) is 1.77. The van der Waals surface area contributed by atoms with E-state index < -0.39 is 0 Å². The molecule has 3 heterocycles. The molecular weight excluding hydrogens is 310 g/mol. The summed E-state index contributed by atoms with van der Waals surface area (Å²) in [5.41, 5.74) is 2.79. The van der Waals surface area contributed by atoms with Crippen LogP contribution in [0.2, 0.25) is 0 Å². The van der Waals surface area contributed by atoms with Crippen molar-refractivity contribution in [1.82, 2.24) is 15.1 Å². The van der Waals surface area contributed by atoms with E-state index >= 15 is 0 Å². The standard InChI is InChI=1S/C20H29N5/c1-2-16-3-5-19(6-4-16)24-11-8-18(9-12-24)21-13-17-14-22-20-7-10-23-25(20)15-17/h3-7,10,17-18,21-22H,2,8-9,11-15H2,1H3/t17-/m1/s1. The molecule has 1 fully saturated rings. The van der Waals surface area contributed by atoms with Crippen molar-refractivity contribution in [2.24, 2.45) is 5.92 Å². The highest BCUT2D eigenvalue weighted by molar-refractivity contribution is 5.48. The SMILES string of the molecule is CCc1ccc(N2CCC(NC[C@@H]3CNc4ccnn4C3)CC2)cc1. The Morgan fingerprint density at radius 1 is 1.16 bits per heavy atom. The summed E-state index contributed by atoms with van der Waals surface area (Å²) in [6, 6.07) is 11.8. The van der Waals surface area contributed by atoms with Crippen LogP contribution in [0.3, 0.4) is 0 Å². The smallest absolute Gasteiger partial charge is 0.124 e. The van der Waals surface area contributed by atoms with Crippen molar-refractivity contribution in [3.05, 3.63) is 42.1 Å². The number of piperidine rings is 1. The number of aromatic nitrogens is 2. The summed E-state index contributed by atoms with van der Waals surface area (Å²) in [4.78, 5) is 2.52. The summed E-state index contributed by atoms with van der Waals surface area (Å²) in [5, 5.41) is 11.6. The Balaban J connectivity index is 1.22. The van der Waals surface area contributed by atoms with Gasteiger partial charge in [0, 0.05) is 56.4 Å². The molecule has 0 saturated carbocycles. The first kappa shape index (κ1) is 16.5. The van der Waals surface area contributed by atoms with Crippen LogP contribution in [-0.2, 0) is 13.0 Å². The van der Waals surface area contributed by atoms with Gasteiger partial charge < -0.3 is 15.5 Å². The first-order chi connectivity index (χ1) is 12.3. The molecule has 1 aromatic heterocycles. The molecule has 1 aromatic carbocycles. The molecule has 2 aliphatic heterocycles. The van der Waals surface area contributed by atoms with Crippen LogP contribution in [0.25, 0.3) is 0 Å². The Kier molecular flexibility index (Phi) is 4.92. The van der Waals surface area contributed by atoms with Crippen molar-refractivity contribution in [2.45, 2.75) is 38.8 Å². The number of fused-ring (bicyclic) bond motifs is 1. The topological polar surface area (TPSA) is 45.1 Å². The number of aryl methyl sites for hydroxylation is 1. The predicted octanol–water partition coefficient (Wildman–Crippen LogP) is 2.75. The van der Waals surface area contributed by atoms with Gasteiger partial charge >= 0.3 is 0 Å². The van der Waals surface area contributed by atoms with Crippen LogP contribution in [0, 0.1) is 5.92 Å². The zero-order chi connectivity index (χ0) is 17.1. The van der Waals surface area contributed by atoms with Crippen LogP contribution in [0.5, 0.6) is 0 Å². The first-order valence-corrected chi connectivity index (χ1v) is 9.65. The Morgan fingerprint density at radius 3 is 2.72 bits per heavy atom. The summed E-state index contributed by atoms with van der Waals surface area (Å²) < 4.78 is 2.08. The third kappa shape index (κ3) is 3.82. The average molecular weight is 339 g/mol. The number of rotatable bonds is 5. The molecule has 2 aliphatic rings. The molecule has 0 unspecified atom stereocenters. The van der Waals surface area contributed by atoms with Gasteiger partial charge in [-0.3, -0.25) is 0 Å². The van der Waals surface area contributed by atoms with Crippen molar-refractivity contribution in [1.29, 1.82) is 0 Å². The number of hydrogen-bond acceptors (Lipinski definition) is 4. The maximum Gasteiger partial charge on any atom is 0.124 e. The minimum Gasteiger partial charge on any atom is -0.371 e. The highest BCUT2D eigenvalue weighted by atomic mass is 15.3. The van der Waals surface area contributed by atoms with Crippen molar-refractivity contribution in [3.8, 4) is 0 Å². The van der Waals surface area contributed by atoms with Gasteiger partial charge in [-0.15, -0.1) is 0 Å². The minimum absolute atomic E-state index is 0.618. The summed E-state index contributed by atoms with van der Waals surface area (Å²) in [7, 11) is 0. The van der Waals surface area contributed by atoms with E-state index in [4.69, 9.17) is 0 Å². The number of anilines is 2. The van der Waals surface area contributed by atoms with Gasteiger partial charge in [0.25, 0.3) is 0 Å². The molecule has 1 atom stereocenters. The fourth-order valence-corrected chi connectivity index (χ4v) is 3.94. The van der Waals surface area contributed by atoms with Gasteiger partial charge in [0.1, 0.15) is 5.82 Å². The monoisotopic (exact) mass is 339 g/mol. The van der Waals surface area contributed by atoms with Crippen LogP contribution in [0.1, 0.15) is 25.3 Å². The number of nitrogens with one attached hydrogen (secondary N) is 2. The molecule has 134 valence electrons. The lowest BCUT2D eigenvalue weighted by molar-refractivity contribution is 0.342. The van der Waals surface area contributed by atoms with Crippen molar-refractivity contribution in [3.63, 3.8) is 0 Å². The molecule has 5 nitrogen and oxygen atoms in total. The lowest BCUT2D eigenvalue weighted by atomic mass is 10.0. The van der Waals surface area contributed by atoms with E-state index in [0.29, 0.717) is 12.0 Å². The Labute approximate surface area is 150 Å². The Morgan fingerprint density at radius 2 is 1.96 bits per heavy atom. The van der Waals surface area contributed by atoms with E-state index in [9.17, 15) is 0 Å². The summed E-state index contributed by atoms with van der Waals surface area (Å²) in [6.07, 6.45) is 5.44. The molecule has 5 heteroatoms. The van der Waals surface area contributed by atoms with E-state index in [1.165, 1.54) is 24.1 Å². The van der Waals surface area contributed by atoms with E-state index in [-0.39, 0.29) is 0 Å². The van der Waals surface area contributed by atoms with E-state index in [1.807, 2.05) is 12.3 Å². The van der Waals surface area contributed by atoms with E-state index in [1.54, 1.807) is 0 Å². The second kappa shape index (κ2) is 7.48. The zero-order valence-corrected chi connectivity index (χ0v) is 15.1. The second-order valence-corrected chi connectivity index (χ2v) is 7.34. The molecule has 0 spiro atoms. The molecule has 0 bridgehead atoms. The molecule has 0 amide bonds. The molecule has 4 rings (SSSR count). The van der Waals surface area contributed by atoms with Gasteiger partial charge in [-0.05, 0) is 37.0 Å². The normalized spacial score (nSPS) is 21.0. The predicted molar refractivity (Wildman–Crippen MR) is 103 cm³/mol. The summed E-state index contributed by atoms with van der Waals surface area (Å²) >= 11 is 0. The van der Waals surface area contributed by atoms with Gasteiger partial charge in [0.2, 0.25) is 0 Å². The summed E-state index contributed by atoms with van der Waals surface area (Å²) in [6.45, 7) is 7.64. The Bertz CT molecular complexity index is 670. The van der Waals surface area contributed by atoms with Crippen molar-refractivity contribution in [2.75, 3.05) is 36.4 Å². The molecule has 25 heavy (non-hydrogen) atoms. The van der Waals surface area contributed by atoms with Crippen LogP contribution < -0.4 is 15.5 Å². The van der Waals surface area contributed by atoms with Crippen molar-refractivity contribution >= 4 is 11.5 Å². The van der Waals surface area contributed by atoms with Crippen LogP contribution in [0.15, 0.2) is 36.5 Å². The average Bonchev–Trinajstić information content (AvgIpc) is 3.15. The van der Waals surface area contributed by atoms with Crippen LogP contribution in [0.4, 0.5) is 11.5 Å². The van der Waals surface area contributed by atoms with E-state index in [2.05, 4.69) is 56.5 Å². The maximum absolute atomic E-state index is 4.38. The van der Waals surface area contributed by atoms with Crippen molar-refractivity contribution < 1.29 is 0 Å². The molecular formula is C20H29N5. The number of benzene rings is 1. The Hall–Kier alpha value is -2.01. The number of nitrogens with zero attached hydrogens (tertiary/aromatic N) is 3. The second-order valence-electron chi connectivity index (χ2n) is 7.34. The van der Waals surface area contributed by atoms with Crippen LogP contribution in [-0.4, -0.2) is 42.0 Å². The van der Waals surface area contributed by atoms with Gasteiger partial charge in [-0.1, -0.05) is 19.1 Å². The third-order valence-corrected chi connectivity index (χ3v) is 5.62. The first-order valence-electron chi connectivity index (χ1n) is 9.65. The van der Waals surface area contributed by atoms with Crippen LogP contribution >= 0.6 is 0 Å². The van der Waals surface area contributed by atoms with Gasteiger partial charge in [-0.2, -0.15) is 5.10 Å². The third-order valence-electron chi connectivity index (χ3n) is 5.62. The van der Waals surface area contributed by atoms with Gasteiger partial charge in [0.15, 0.2) is 0 Å². The fraction of sp³-hybridized carbons (Fsp3) is 0.550. The van der Waals surface area contributed by atoms with Gasteiger partial charge in [-0.25, -0.2) is 4.68 Å². The molecule has 0 aliphatic carbocycles. The lowest BCUT2D eigenvalue weighted by Gasteiger charge is -2.35. The zero-order valence-electron chi connectivity index (χ0n) is 15.1. The maximum atomic E-state index is 4.38. The molecule has 2 N–H and O–H groups in total. The molecule has 2 aromatic rings. The lowest BCUT2D eigenvalue weighted by Crippen LogP contribution is -2.45.